The summed E-state index contributed by atoms with van der Waals surface area (Å²) >= 11 is 12.8. The van der Waals surface area contributed by atoms with Gasteiger partial charge in [-0.15, -0.1) is 0 Å². The minimum atomic E-state index is -0.331. The molecule has 0 radical (unpaired) electrons. The Morgan fingerprint density at radius 2 is 0.977 bits per heavy atom. The van der Waals surface area contributed by atoms with Gasteiger partial charge in [0.05, 0.1) is 61.1 Å². The van der Waals surface area contributed by atoms with Crippen molar-refractivity contribution in [2.24, 2.45) is 5.73 Å². The van der Waals surface area contributed by atoms with Crippen molar-refractivity contribution in [3.8, 4) is 11.3 Å². The SMILES string of the molecule is C.C.CC.CC1(C)OB(c2ccn[nH]2)OC1(C)C.NCCc1cccnn1.Nc1cc(Cl)c2ccc(Br)cc2n1.Nc1cc(NCCc2cccnn2)c2ccc(-c3ccn[nH]3)cc2n1.Nc1cc(NCCc2cccnn2)c2ccc(Br)cc2n1. The van der Waals surface area contributed by atoms with Crippen molar-refractivity contribution in [1.29, 1.82) is 0 Å². The second-order valence-corrected chi connectivity index (χ2v) is 21.6. The molecule has 11 aromatic rings. The Balaban J connectivity index is 0.000000201. The molecular formula is C61H75BBr2ClN19O2. The van der Waals surface area contributed by atoms with Crippen LogP contribution >= 0.6 is 43.5 Å². The molecule has 3 aromatic carbocycles. The summed E-state index contributed by atoms with van der Waals surface area (Å²) in [7, 11) is -0.331. The molecular weight excluding hydrogens is 1240 g/mol. The maximum Gasteiger partial charge on any atom is 0.513 e. The first kappa shape index (κ1) is 68.5. The molecule has 86 heavy (non-hydrogen) atoms. The van der Waals surface area contributed by atoms with Gasteiger partial charge in [0, 0.05) is 118 Å². The maximum absolute atomic E-state index is 5.98. The number of H-pyrrole nitrogens is 2. The third-order valence-corrected chi connectivity index (χ3v) is 14.2. The highest BCUT2D eigenvalue weighted by Crippen LogP contribution is 2.36. The molecule has 0 aliphatic carbocycles. The molecule has 0 saturated carbocycles. The van der Waals surface area contributed by atoms with Gasteiger partial charge in [0.25, 0.3) is 0 Å². The summed E-state index contributed by atoms with van der Waals surface area (Å²) in [6, 6.07) is 38.4. The van der Waals surface area contributed by atoms with Gasteiger partial charge in [-0.1, -0.05) is 90.4 Å². The Labute approximate surface area is 524 Å². The van der Waals surface area contributed by atoms with Gasteiger partial charge >= 0.3 is 7.12 Å². The number of aromatic amines is 2. The van der Waals surface area contributed by atoms with E-state index >= 15 is 0 Å². The minimum absolute atomic E-state index is 0. The number of rotatable bonds is 12. The number of fused-ring (bicyclic) bond motifs is 3. The van der Waals surface area contributed by atoms with Gasteiger partial charge in [0.2, 0.25) is 0 Å². The Morgan fingerprint density at radius 1 is 0.535 bits per heavy atom. The van der Waals surface area contributed by atoms with Gasteiger partial charge < -0.3 is 42.9 Å². The molecule has 450 valence electrons. The van der Waals surface area contributed by atoms with Crippen molar-refractivity contribution in [2.45, 2.75) is 86.9 Å². The Morgan fingerprint density at radius 3 is 1.43 bits per heavy atom. The van der Waals surface area contributed by atoms with Crippen molar-refractivity contribution in [2.75, 3.05) is 47.5 Å². The molecule has 25 heteroatoms. The predicted molar refractivity (Wildman–Crippen MR) is 359 cm³/mol. The number of halogens is 3. The van der Waals surface area contributed by atoms with E-state index in [0.29, 0.717) is 29.0 Å². The molecule has 1 fully saturated rings. The van der Waals surface area contributed by atoms with Crippen LogP contribution < -0.4 is 39.2 Å². The Bertz CT molecular complexity index is 3760. The number of nitrogens with two attached hydrogens (primary N) is 4. The van der Waals surface area contributed by atoms with Crippen molar-refractivity contribution in [1.82, 2.24) is 65.9 Å². The highest BCUT2D eigenvalue weighted by molar-refractivity contribution is 9.10. The normalized spacial score (nSPS) is 12.4. The molecule has 0 atom stereocenters. The average molecular weight is 1310 g/mol. The number of hydrogen-bond acceptors (Lipinski definition) is 19. The van der Waals surface area contributed by atoms with Crippen LogP contribution in [0.3, 0.4) is 0 Å². The fraction of sp³-hybridized carbons (Fsp3) is 0.262. The van der Waals surface area contributed by atoms with Gasteiger partial charge in [-0.25, -0.2) is 15.0 Å². The number of nitrogen functional groups attached to an aromatic ring is 3. The number of pyridine rings is 3. The Hall–Kier alpha value is -8.26. The zero-order chi connectivity index (χ0) is 60.1. The molecule has 1 aliphatic rings. The molecule has 0 bridgehead atoms. The maximum atomic E-state index is 5.98. The highest BCUT2D eigenvalue weighted by Gasteiger charge is 2.52. The van der Waals surface area contributed by atoms with Crippen molar-refractivity contribution in [3.05, 3.63) is 183 Å². The van der Waals surface area contributed by atoms with Crippen LogP contribution in [0.5, 0.6) is 0 Å². The summed E-state index contributed by atoms with van der Waals surface area (Å²) in [4.78, 5) is 13.0. The Kier molecular flexibility index (Phi) is 26.6. The monoisotopic (exact) mass is 1310 g/mol. The quantitative estimate of drug-likeness (QED) is 0.0527. The van der Waals surface area contributed by atoms with E-state index in [4.69, 9.17) is 43.8 Å². The average Bonchev–Trinajstić information content (AvgIpc) is 2.46. The molecule has 1 saturated heterocycles. The van der Waals surface area contributed by atoms with Gasteiger partial charge in [-0.2, -0.15) is 40.8 Å². The smallest absolute Gasteiger partial charge is 0.398 e. The lowest BCUT2D eigenvalue weighted by Crippen LogP contribution is -2.41. The van der Waals surface area contributed by atoms with Crippen molar-refractivity contribution in [3.63, 3.8) is 0 Å². The van der Waals surface area contributed by atoms with E-state index in [1.165, 1.54) is 0 Å². The standard InChI is InChI=1S/C18H17N7.C15H14BrN5.C9H15BN2O2.C9H6BrClN2.C6H9N3.C2H6.2CH4/c19-18-11-16(20-8-5-13-2-1-7-21-24-13)14-4-3-12(10-17(14)23-18)15-6-9-22-25-15;16-10-3-4-12-13(9-15(17)20-14(12)8-10)18-7-5-11-2-1-6-19-21-11;1-8(2)9(3,4)14-10(13-8)7-5-6-11-12-7;10-5-1-2-6-7(11)4-9(12)13-8(6)3-5;7-4-3-6-2-1-5-8-9-6;1-2;;/h1-4,6-7,9-11H,5,8H2,(H,22,25)(H3,19,20,23);1-4,6,8-9H,5,7H2,(H3,17,18,20);5-6H,1-4H3,(H,11,12);1-4H,(H2,12,13);1-2,5H,3-4,7H2;1-2H3;2*1H4. The third-order valence-electron chi connectivity index (χ3n) is 12.9. The fourth-order valence-corrected chi connectivity index (χ4v) is 9.06. The lowest BCUT2D eigenvalue weighted by Gasteiger charge is -2.32. The van der Waals surface area contributed by atoms with E-state index in [9.17, 15) is 0 Å². The molecule has 1 aliphatic heterocycles. The topological polar surface area (TPSA) is 320 Å². The number of benzene rings is 3. The first-order chi connectivity index (χ1) is 40.5. The van der Waals surface area contributed by atoms with E-state index < -0.39 is 0 Å². The van der Waals surface area contributed by atoms with Crippen LogP contribution in [-0.4, -0.2) is 104 Å². The predicted octanol–water partition coefficient (Wildman–Crippen LogP) is 11.9. The molecule has 12 N–H and O–H groups in total. The molecule has 0 amide bonds. The lowest BCUT2D eigenvalue weighted by atomic mass is 9.85. The number of nitrogens with one attached hydrogen (secondary N) is 4. The lowest BCUT2D eigenvalue weighted by molar-refractivity contribution is 0.00578. The molecule has 12 rings (SSSR count). The largest absolute Gasteiger partial charge is 0.513 e. The fourth-order valence-electron chi connectivity index (χ4n) is 8.09. The molecule has 21 nitrogen and oxygen atoms in total. The molecule has 9 heterocycles. The van der Waals surface area contributed by atoms with Gasteiger partial charge in [-0.05, 0) is 125 Å². The van der Waals surface area contributed by atoms with E-state index in [2.05, 4.69) is 108 Å². The van der Waals surface area contributed by atoms with E-state index in [0.717, 1.165) is 119 Å². The van der Waals surface area contributed by atoms with E-state index in [1.807, 2.05) is 157 Å². The van der Waals surface area contributed by atoms with Crippen LogP contribution in [0.1, 0.15) is 73.5 Å². The van der Waals surface area contributed by atoms with E-state index in [-0.39, 0.29) is 33.2 Å². The summed E-state index contributed by atoms with van der Waals surface area (Å²) in [5.74, 6) is 1.43. The van der Waals surface area contributed by atoms with Crippen LogP contribution in [0.2, 0.25) is 5.02 Å². The first-order valence-electron chi connectivity index (χ1n) is 26.9. The summed E-state index contributed by atoms with van der Waals surface area (Å²) in [6.07, 6.45) is 10.8. The zero-order valence-corrected chi connectivity index (χ0v) is 51.4. The van der Waals surface area contributed by atoms with Crippen LogP contribution in [0.4, 0.5) is 28.8 Å². The van der Waals surface area contributed by atoms with Gasteiger partial charge in [-0.3, -0.25) is 10.2 Å². The summed E-state index contributed by atoms with van der Waals surface area (Å²) in [5, 5.41) is 47.6. The van der Waals surface area contributed by atoms with Crippen LogP contribution in [0.15, 0.2) is 161 Å². The second-order valence-electron chi connectivity index (χ2n) is 19.4. The highest BCUT2D eigenvalue weighted by atomic mass is 79.9. The number of aromatic nitrogens is 13. The molecule has 0 spiro atoms. The number of hydrogen-bond donors (Lipinski definition) is 8. The summed E-state index contributed by atoms with van der Waals surface area (Å²) in [5.41, 5.74) is 32.3. The third kappa shape index (κ3) is 19.7. The summed E-state index contributed by atoms with van der Waals surface area (Å²) < 4.78 is 13.6. The van der Waals surface area contributed by atoms with Gasteiger partial charge in [0.1, 0.15) is 17.5 Å². The molecule has 0 unspecified atom stereocenters. The van der Waals surface area contributed by atoms with Crippen LogP contribution in [-0.2, 0) is 28.6 Å². The molecule has 8 aromatic heterocycles. The van der Waals surface area contributed by atoms with E-state index in [1.54, 1.807) is 37.1 Å². The van der Waals surface area contributed by atoms with Crippen molar-refractivity contribution >= 4 is 118 Å². The number of anilines is 5. The van der Waals surface area contributed by atoms with Crippen LogP contribution in [0.25, 0.3) is 44.0 Å². The second kappa shape index (κ2) is 33.4. The zero-order valence-electron chi connectivity index (χ0n) is 47.4. The van der Waals surface area contributed by atoms with Crippen molar-refractivity contribution < 1.29 is 9.31 Å². The first-order valence-corrected chi connectivity index (χ1v) is 28.9. The summed E-state index contributed by atoms with van der Waals surface area (Å²) in [6.45, 7) is 14.3. The number of nitrogens with zero attached hydrogens (tertiary/aromatic N) is 11. The van der Waals surface area contributed by atoms with Crippen LogP contribution in [0, 0.1) is 0 Å². The van der Waals surface area contributed by atoms with Gasteiger partial charge in [0.15, 0.2) is 0 Å². The minimum Gasteiger partial charge on any atom is -0.398 e.